The lowest BCUT2D eigenvalue weighted by atomic mass is 9.86. The summed E-state index contributed by atoms with van der Waals surface area (Å²) in [5.41, 5.74) is 0. The quantitative estimate of drug-likeness (QED) is 0.741. The van der Waals surface area contributed by atoms with Gasteiger partial charge in [0.05, 0.1) is 0 Å². The molecule has 4 heteroatoms. The van der Waals surface area contributed by atoms with Crippen LogP contribution in [0, 0.1) is 11.8 Å². The first-order valence-corrected chi connectivity index (χ1v) is 8.86. The minimum atomic E-state index is 0.210. The Morgan fingerprint density at radius 1 is 1.05 bits per heavy atom. The molecule has 0 atom stereocenters. The molecule has 0 N–H and O–H groups in total. The average Bonchev–Trinajstić information content (AvgIpc) is 2.46. The molecule has 0 amide bonds. The fourth-order valence-corrected chi connectivity index (χ4v) is 3.99. The van der Waals surface area contributed by atoms with Crippen LogP contribution in [-0.4, -0.2) is 53.5 Å². The van der Waals surface area contributed by atoms with Crippen molar-refractivity contribution in [1.82, 2.24) is 9.21 Å². The minimum absolute atomic E-state index is 0.210. The van der Waals surface area contributed by atoms with Gasteiger partial charge in [0.15, 0.2) is 0 Å². The molecule has 3 nitrogen and oxygen atoms in total. The first-order valence-electron chi connectivity index (χ1n) is 7.68. The summed E-state index contributed by atoms with van der Waals surface area (Å²) in [5, 5.41) is 0. The first kappa shape index (κ1) is 15.3. The first-order chi connectivity index (χ1) is 9.11. The van der Waals surface area contributed by atoms with E-state index < -0.39 is 0 Å². The molecule has 0 aliphatic carbocycles. The van der Waals surface area contributed by atoms with E-state index in [0.717, 1.165) is 32.0 Å². The summed E-state index contributed by atoms with van der Waals surface area (Å²) in [6.45, 7) is 8.77. The molecule has 0 saturated carbocycles. The number of carbonyl (C=O) groups is 1. The second-order valence-corrected chi connectivity index (χ2v) is 7.09. The number of likely N-dealkylation sites (tertiary alicyclic amines) is 1. The van der Waals surface area contributed by atoms with Gasteiger partial charge in [-0.05, 0) is 45.0 Å². The molecule has 0 unspecified atom stereocenters. The van der Waals surface area contributed by atoms with Crippen LogP contribution in [0.3, 0.4) is 0 Å². The van der Waals surface area contributed by atoms with Crippen LogP contribution in [0.4, 0.5) is 0 Å². The van der Waals surface area contributed by atoms with Crippen molar-refractivity contribution in [2.24, 2.45) is 11.8 Å². The molecule has 0 aromatic heterocycles. The third kappa shape index (κ3) is 3.96. The molecular weight excluding hydrogens is 256 g/mol. The van der Waals surface area contributed by atoms with Crippen molar-refractivity contribution < 1.29 is 4.79 Å². The molecule has 2 rings (SSSR count). The predicted octanol–water partition coefficient (Wildman–Crippen LogP) is 2.67. The van der Waals surface area contributed by atoms with Crippen molar-refractivity contribution in [3.8, 4) is 0 Å². The van der Waals surface area contributed by atoms with Gasteiger partial charge in [0.1, 0.15) is 5.78 Å². The highest BCUT2D eigenvalue weighted by Gasteiger charge is 2.31. The van der Waals surface area contributed by atoms with Crippen molar-refractivity contribution in [2.45, 2.75) is 45.6 Å². The molecule has 2 heterocycles. The fourth-order valence-electron chi connectivity index (χ4n) is 3.41. The number of Topliss-reactive ketones (excluding diaryl/α,β-unsaturated/α-hetero) is 1. The molecule has 0 radical (unpaired) electrons. The van der Waals surface area contributed by atoms with E-state index >= 15 is 0 Å². The highest BCUT2D eigenvalue weighted by molar-refractivity contribution is 7.96. The van der Waals surface area contributed by atoms with Gasteiger partial charge in [-0.1, -0.05) is 25.8 Å². The van der Waals surface area contributed by atoms with Gasteiger partial charge in [-0.2, -0.15) is 0 Å². The van der Waals surface area contributed by atoms with Crippen molar-refractivity contribution >= 4 is 17.7 Å². The molecular formula is C15H28N2OS. The van der Waals surface area contributed by atoms with E-state index in [0.29, 0.717) is 11.7 Å². The third-order valence-corrected chi connectivity index (χ3v) is 5.58. The maximum atomic E-state index is 12.0. The SMILES string of the molecule is CSN1CCC(N2CCC(C(=O)C(C)C)CC2)CC1. The minimum Gasteiger partial charge on any atom is -0.300 e. The second-order valence-electron chi connectivity index (χ2n) is 6.21. The van der Waals surface area contributed by atoms with Crippen LogP contribution in [0.15, 0.2) is 0 Å². The molecule has 2 aliphatic heterocycles. The normalized spacial score (nSPS) is 25.1. The van der Waals surface area contributed by atoms with Crippen molar-refractivity contribution in [2.75, 3.05) is 32.4 Å². The molecule has 110 valence electrons. The van der Waals surface area contributed by atoms with Crippen LogP contribution in [0.2, 0.25) is 0 Å². The average molecular weight is 284 g/mol. The van der Waals surface area contributed by atoms with Crippen LogP contribution >= 0.6 is 11.9 Å². The summed E-state index contributed by atoms with van der Waals surface area (Å²) in [4.78, 5) is 14.7. The van der Waals surface area contributed by atoms with Gasteiger partial charge in [-0.15, -0.1) is 0 Å². The van der Waals surface area contributed by atoms with E-state index in [1.165, 1.54) is 25.9 Å². The fraction of sp³-hybridized carbons (Fsp3) is 0.933. The van der Waals surface area contributed by atoms with Gasteiger partial charge in [-0.25, -0.2) is 0 Å². The van der Waals surface area contributed by atoms with E-state index in [1.807, 2.05) is 25.8 Å². The van der Waals surface area contributed by atoms with E-state index in [1.54, 1.807) is 0 Å². The molecule has 0 aromatic carbocycles. The maximum Gasteiger partial charge on any atom is 0.138 e. The van der Waals surface area contributed by atoms with Crippen molar-refractivity contribution in [3.63, 3.8) is 0 Å². The Balaban J connectivity index is 1.76. The Morgan fingerprint density at radius 3 is 2.11 bits per heavy atom. The summed E-state index contributed by atoms with van der Waals surface area (Å²) < 4.78 is 2.46. The predicted molar refractivity (Wildman–Crippen MR) is 82.3 cm³/mol. The van der Waals surface area contributed by atoms with Crippen LogP contribution < -0.4 is 0 Å². The van der Waals surface area contributed by atoms with Crippen LogP contribution in [0.25, 0.3) is 0 Å². The van der Waals surface area contributed by atoms with Crippen LogP contribution in [0.5, 0.6) is 0 Å². The number of piperidine rings is 2. The maximum absolute atomic E-state index is 12.0. The number of carbonyl (C=O) groups excluding carboxylic acids is 1. The van der Waals surface area contributed by atoms with Crippen LogP contribution in [-0.2, 0) is 4.79 Å². The molecule has 0 aromatic rings. The van der Waals surface area contributed by atoms with Crippen LogP contribution in [0.1, 0.15) is 39.5 Å². The lowest BCUT2D eigenvalue weighted by molar-refractivity contribution is -0.127. The van der Waals surface area contributed by atoms with Gasteiger partial charge < -0.3 is 4.90 Å². The Labute approximate surface area is 122 Å². The molecule has 19 heavy (non-hydrogen) atoms. The zero-order valence-corrected chi connectivity index (χ0v) is 13.4. The summed E-state index contributed by atoms with van der Waals surface area (Å²) in [5.74, 6) is 1.03. The monoisotopic (exact) mass is 284 g/mol. The van der Waals surface area contributed by atoms with E-state index in [-0.39, 0.29) is 5.92 Å². The van der Waals surface area contributed by atoms with Gasteiger partial charge in [0.25, 0.3) is 0 Å². The Kier molecular flexibility index (Phi) is 5.72. The number of rotatable bonds is 4. The third-order valence-electron chi connectivity index (χ3n) is 4.70. The summed E-state index contributed by atoms with van der Waals surface area (Å²) in [6, 6.07) is 0.763. The summed E-state index contributed by atoms with van der Waals surface area (Å²) in [7, 11) is 0. The smallest absolute Gasteiger partial charge is 0.138 e. The van der Waals surface area contributed by atoms with E-state index in [9.17, 15) is 4.79 Å². The highest BCUT2D eigenvalue weighted by atomic mass is 32.2. The lowest BCUT2D eigenvalue weighted by Crippen LogP contribution is -2.47. The van der Waals surface area contributed by atoms with Crippen molar-refractivity contribution in [3.05, 3.63) is 0 Å². The Morgan fingerprint density at radius 2 is 1.63 bits per heavy atom. The Hall–Kier alpha value is -0.0600. The molecule has 0 bridgehead atoms. The zero-order chi connectivity index (χ0) is 13.8. The largest absolute Gasteiger partial charge is 0.300 e. The van der Waals surface area contributed by atoms with Gasteiger partial charge >= 0.3 is 0 Å². The standard InChI is InChI=1S/C15H28N2OS/c1-12(2)15(18)13-4-8-16(9-5-13)14-6-10-17(19-3)11-7-14/h12-14H,4-11H2,1-3H3. The van der Waals surface area contributed by atoms with E-state index in [2.05, 4.69) is 15.5 Å². The molecule has 2 aliphatic rings. The number of nitrogens with zero attached hydrogens (tertiary/aromatic N) is 2. The number of hydrogen-bond donors (Lipinski definition) is 0. The van der Waals surface area contributed by atoms with Gasteiger partial charge in [0.2, 0.25) is 0 Å². The highest BCUT2D eigenvalue weighted by Crippen LogP contribution is 2.27. The zero-order valence-electron chi connectivity index (χ0n) is 12.6. The van der Waals surface area contributed by atoms with Gasteiger partial charge in [-0.3, -0.25) is 9.10 Å². The van der Waals surface area contributed by atoms with Gasteiger partial charge in [0, 0.05) is 31.0 Å². The summed E-state index contributed by atoms with van der Waals surface area (Å²) in [6.07, 6.45) is 6.93. The summed E-state index contributed by atoms with van der Waals surface area (Å²) >= 11 is 1.87. The number of hydrogen-bond acceptors (Lipinski definition) is 4. The topological polar surface area (TPSA) is 23.6 Å². The molecule has 0 spiro atoms. The van der Waals surface area contributed by atoms with Crippen molar-refractivity contribution in [1.29, 1.82) is 0 Å². The van der Waals surface area contributed by atoms with E-state index in [4.69, 9.17) is 0 Å². The lowest BCUT2D eigenvalue weighted by Gasteiger charge is -2.41. The Bertz CT molecular complexity index is 293. The second kappa shape index (κ2) is 7.09. The molecule has 2 saturated heterocycles. The number of ketones is 1. The molecule has 2 fully saturated rings.